The van der Waals surface area contributed by atoms with Gasteiger partial charge in [0.05, 0.1) is 0 Å². The van der Waals surface area contributed by atoms with Gasteiger partial charge < -0.3 is 5.32 Å². The molecule has 86 valence electrons. The summed E-state index contributed by atoms with van der Waals surface area (Å²) in [6, 6.07) is 9.63. The lowest BCUT2D eigenvalue weighted by atomic mass is 10.2. The first kappa shape index (κ1) is 13.4. The van der Waals surface area contributed by atoms with Gasteiger partial charge in [0.1, 0.15) is 9.40 Å². The maximum atomic E-state index is 11.6. The molecule has 1 rings (SSSR count). The van der Waals surface area contributed by atoms with E-state index < -0.39 is 0 Å². The third-order valence-corrected chi connectivity index (χ3v) is 3.28. The first-order chi connectivity index (χ1) is 7.65. The summed E-state index contributed by atoms with van der Waals surface area (Å²) in [6.45, 7) is 0.463. The van der Waals surface area contributed by atoms with E-state index in [0.29, 0.717) is 11.4 Å². The molecule has 0 atom stereocenters. The van der Waals surface area contributed by atoms with E-state index in [4.69, 9.17) is 23.2 Å². The number of hydrogen-bond acceptors (Lipinski definition) is 2. The number of amides is 1. The lowest BCUT2D eigenvalue weighted by Crippen LogP contribution is -2.23. The topological polar surface area (TPSA) is 29.1 Å². The molecule has 0 spiro atoms. The number of nitrogens with one attached hydrogen (secondary N) is 1. The zero-order valence-corrected chi connectivity index (χ0v) is 11.0. The molecule has 1 aromatic rings. The molecule has 0 bridgehead atoms. The average Bonchev–Trinajstić information content (AvgIpc) is 2.28. The number of carbonyl (C=O) groups is 1. The lowest BCUT2D eigenvalue weighted by Gasteiger charge is -2.06. The quantitative estimate of drug-likeness (QED) is 0.855. The van der Waals surface area contributed by atoms with Gasteiger partial charge in [0, 0.05) is 6.54 Å². The lowest BCUT2D eigenvalue weighted by molar-refractivity contribution is -0.116. The van der Waals surface area contributed by atoms with Crippen LogP contribution in [0.25, 0.3) is 0 Å². The summed E-state index contributed by atoms with van der Waals surface area (Å²) in [5, 5.41) is 2.74. The second-order valence-electron chi connectivity index (χ2n) is 2.96. The number of thioether (sulfide) groups is 1. The molecule has 0 aromatic heterocycles. The molecule has 0 saturated heterocycles. The van der Waals surface area contributed by atoms with E-state index in [2.05, 4.69) is 5.32 Å². The van der Waals surface area contributed by atoms with Gasteiger partial charge in [-0.15, -0.1) is 11.8 Å². The molecule has 0 saturated carbocycles. The average molecular weight is 276 g/mol. The Labute approximate surface area is 109 Å². The van der Waals surface area contributed by atoms with Gasteiger partial charge in [0.25, 0.3) is 5.91 Å². The number of benzene rings is 1. The van der Waals surface area contributed by atoms with Crippen LogP contribution >= 0.6 is 35.0 Å². The standard InChI is InChI=1S/C11H11Cl2NOS/c1-16-9(10(12)13)11(15)14-7-8-5-3-2-4-6-8/h2-6H,7H2,1H3,(H,14,15). The van der Waals surface area contributed by atoms with Gasteiger partial charge in [-0.1, -0.05) is 53.5 Å². The minimum atomic E-state index is -0.253. The van der Waals surface area contributed by atoms with Gasteiger partial charge in [-0.05, 0) is 11.8 Å². The largest absolute Gasteiger partial charge is 0.347 e. The van der Waals surface area contributed by atoms with Gasteiger partial charge in [-0.2, -0.15) is 0 Å². The van der Waals surface area contributed by atoms with Crippen molar-refractivity contribution in [3.8, 4) is 0 Å². The molecule has 1 N–H and O–H groups in total. The summed E-state index contributed by atoms with van der Waals surface area (Å²) >= 11 is 12.4. The first-order valence-corrected chi connectivity index (χ1v) is 6.54. The highest BCUT2D eigenvalue weighted by Crippen LogP contribution is 2.23. The second-order valence-corrected chi connectivity index (χ2v) is 4.73. The highest BCUT2D eigenvalue weighted by molar-refractivity contribution is 8.03. The normalized spacial score (nSPS) is 9.69. The van der Waals surface area contributed by atoms with Crippen molar-refractivity contribution in [3.63, 3.8) is 0 Å². The SMILES string of the molecule is CSC(C(=O)NCc1ccccc1)=C(Cl)Cl. The van der Waals surface area contributed by atoms with Crippen molar-refractivity contribution >= 4 is 40.9 Å². The Morgan fingerprint density at radius 1 is 1.31 bits per heavy atom. The minimum Gasteiger partial charge on any atom is -0.347 e. The van der Waals surface area contributed by atoms with Gasteiger partial charge in [0.15, 0.2) is 0 Å². The number of hydrogen-bond donors (Lipinski definition) is 1. The van der Waals surface area contributed by atoms with Crippen LogP contribution in [0.15, 0.2) is 39.7 Å². The maximum absolute atomic E-state index is 11.6. The van der Waals surface area contributed by atoms with Crippen LogP contribution < -0.4 is 5.32 Å². The van der Waals surface area contributed by atoms with E-state index in [9.17, 15) is 4.79 Å². The summed E-state index contributed by atoms with van der Waals surface area (Å²) in [7, 11) is 0. The van der Waals surface area contributed by atoms with Crippen molar-refractivity contribution in [1.82, 2.24) is 5.32 Å². The Bertz CT molecular complexity index is 388. The monoisotopic (exact) mass is 275 g/mol. The van der Waals surface area contributed by atoms with Crippen LogP contribution in [0.4, 0.5) is 0 Å². The van der Waals surface area contributed by atoms with Crippen molar-refractivity contribution in [3.05, 3.63) is 45.3 Å². The van der Waals surface area contributed by atoms with E-state index in [1.807, 2.05) is 30.3 Å². The predicted octanol–water partition coefficient (Wildman–Crippen LogP) is 3.31. The van der Waals surface area contributed by atoms with E-state index in [1.165, 1.54) is 11.8 Å². The zero-order valence-electron chi connectivity index (χ0n) is 8.67. The van der Waals surface area contributed by atoms with E-state index in [0.717, 1.165) is 5.56 Å². The molecule has 0 aliphatic carbocycles. The molecule has 0 aliphatic heterocycles. The second kappa shape index (κ2) is 6.84. The highest BCUT2D eigenvalue weighted by Gasteiger charge is 2.11. The van der Waals surface area contributed by atoms with E-state index in [1.54, 1.807) is 6.26 Å². The predicted molar refractivity (Wildman–Crippen MR) is 70.5 cm³/mol. The molecule has 0 fully saturated rings. The Balaban J connectivity index is 2.57. The number of halogens is 2. The van der Waals surface area contributed by atoms with Crippen LogP contribution in [0.3, 0.4) is 0 Å². The van der Waals surface area contributed by atoms with Crippen LogP contribution in [-0.4, -0.2) is 12.2 Å². The summed E-state index contributed by atoms with van der Waals surface area (Å²) in [5.74, 6) is -0.253. The van der Waals surface area contributed by atoms with Crippen LogP contribution in [0.2, 0.25) is 0 Å². The molecule has 0 radical (unpaired) electrons. The molecule has 0 aliphatic rings. The molecule has 1 aromatic carbocycles. The van der Waals surface area contributed by atoms with Crippen LogP contribution in [0, 0.1) is 0 Å². The molecule has 0 heterocycles. The molecule has 1 amide bonds. The van der Waals surface area contributed by atoms with Crippen molar-refractivity contribution < 1.29 is 4.79 Å². The molecule has 5 heteroatoms. The van der Waals surface area contributed by atoms with E-state index in [-0.39, 0.29) is 10.4 Å². The summed E-state index contributed by atoms with van der Waals surface area (Å²) in [5.41, 5.74) is 1.03. The van der Waals surface area contributed by atoms with Gasteiger partial charge >= 0.3 is 0 Å². The van der Waals surface area contributed by atoms with Crippen molar-refractivity contribution in [1.29, 1.82) is 0 Å². The fraction of sp³-hybridized carbons (Fsp3) is 0.182. The number of rotatable bonds is 4. The Hall–Kier alpha value is -0.640. The Morgan fingerprint density at radius 3 is 2.44 bits per heavy atom. The molecule has 0 unspecified atom stereocenters. The van der Waals surface area contributed by atoms with Gasteiger partial charge in [-0.25, -0.2) is 0 Å². The van der Waals surface area contributed by atoms with Crippen LogP contribution in [-0.2, 0) is 11.3 Å². The Kier molecular flexibility index (Phi) is 5.74. The first-order valence-electron chi connectivity index (χ1n) is 4.56. The zero-order chi connectivity index (χ0) is 12.0. The van der Waals surface area contributed by atoms with Crippen molar-refractivity contribution in [2.45, 2.75) is 6.54 Å². The van der Waals surface area contributed by atoms with Crippen LogP contribution in [0.1, 0.15) is 5.56 Å². The fourth-order valence-corrected chi connectivity index (χ4v) is 2.16. The summed E-state index contributed by atoms with van der Waals surface area (Å²) in [4.78, 5) is 12.0. The Morgan fingerprint density at radius 2 is 1.94 bits per heavy atom. The third kappa shape index (κ3) is 4.08. The van der Waals surface area contributed by atoms with E-state index >= 15 is 0 Å². The minimum absolute atomic E-state index is 0.00179. The summed E-state index contributed by atoms with van der Waals surface area (Å²) < 4.78 is -0.00179. The van der Waals surface area contributed by atoms with Gasteiger partial charge in [0.2, 0.25) is 0 Å². The highest BCUT2D eigenvalue weighted by atomic mass is 35.5. The van der Waals surface area contributed by atoms with Crippen molar-refractivity contribution in [2.24, 2.45) is 0 Å². The molecule has 16 heavy (non-hydrogen) atoms. The number of carbonyl (C=O) groups excluding carboxylic acids is 1. The molecule has 2 nitrogen and oxygen atoms in total. The van der Waals surface area contributed by atoms with Gasteiger partial charge in [-0.3, -0.25) is 4.79 Å². The molecular weight excluding hydrogens is 265 g/mol. The maximum Gasteiger partial charge on any atom is 0.260 e. The summed E-state index contributed by atoms with van der Waals surface area (Å²) in [6.07, 6.45) is 1.75. The fourth-order valence-electron chi connectivity index (χ4n) is 1.11. The third-order valence-electron chi connectivity index (χ3n) is 1.88. The van der Waals surface area contributed by atoms with Crippen molar-refractivity contribution in [2.75, 3.05) is 6.26 Å². The smallest absolute Gasteiger partial charge is 0.260 e. The van der Waals surface area contributed by atoms with Crippen LogP contribution in [0.5, 0.6) is 0 Å². The molecular formula is C11H11Cl2NOS.